The van der Waals surface area contributed by atoms with Crippen molar-refractivity contribution in [2.45, 2.75) is 6.42 Å². The van der Waals surface area contributed by atoms with E-state index < -0.39 is 0 Å². The van der Waals surface area contributed by atoms with Crippen molar-refractivity contribution in [3.05, 3.63) is 23.8 Å². The van der Waals surface area contributed by atoms with Crippen LogP contribution in [0.4, 0.5) is 5.69 Å². The molecule has 0 heterocycles. The number of methoxy groups -OCH3 is 2. The van der Waals surface area contributed by atoms with Crippen LogP contribution in [0.15, 0.2) is 18.2 Å². The molecule has 6 heteroatoms. The maximum absolute atomic E-state index is 11.6. The highest BCUT2D eigenvalue weighted by molar-refractivity contribution is 7.80. The second-order valence-electron chi connectivity index (χ2n) is 3.57. The molecule has 0 fully saturated rings. The molecule has 0 saturated heterocycles. The van der Waals surface area contributed by atoms with E-state index in [1.165, 1.54) is 7.11 Å². The molecule has 0 unspecified atom stereocenters. The van der Waals surface area contributed by atoms with E-state index in [4.69, 9.17) is 27.4 Å². The smallest absolute Gasteiger partial charge is 0.226 e. The summed E-state index contributed by atoms with van der Waals surface area (Å²) in [5, 5.41) is 2.73. The average molecular weight is 268 g/mol. The summed E-state index contributed by atoms with van der Waals surface area (Å²) in [6.07, 6.45) is 0.288. The van der Waals surface area contributed by atoms with Crippen molar-refractivity contribution >= 4 is 28.8 Å². The molecule has 0 aliphatic rings. The van der Waals surface area contributed by atoms with Crippen LogP contribution in [0.5, 0.6) is 5.75 Å². The van der Waals surface area contributed by atoms with Gasteiger partial charge >= 0.3 is 0 Å². The fourth-order valence-corrected chi connectivity index (χ4v) is 1.48. The lowest BCUT2D eigenvalue weighted by Crippen LogP contribution is -2.15. The third kappa shape index (κ3) is 3.97. The topological polar surface area (TPSA) is 73.6 Å². The molecule has 0 aromatic heterocycles. The number of ether oxygens (including phenoxy) is 2. The van der Waals surface area contributed by atoms with Gasteiger partial charge in [-0.2, -0.15) is 0 Å². The molecule has 0 radical (unpaired) electrons. The van der Waals surface area contributed by atoms with Crippen molar-refractivity contribution in [2.24, 2.45) is 5.73 Å². The predicted octanol–water partition coefficient (Wildman–Crippen LogP) is 1.30. The van der Waals surface area contributed by atoms with Crippen molar-refractivity contribution in [1.29, 1.82) is 0 Å². The first-order valence-electron chi connectivity index (χ1n) is 5.35. The second-order valence-corrected chi connectivity index (χ2v) is 4.01. The highest BCUT2D eigenvalue weighted by Crippen LogP contribution is 2.25. The third-order valence-electron chi connectivity index (χ3n) is 2.29. The Morgan fingerprint density at radius 2 is 2.17 bits per heavy atom. The van der Waals surface area contributed by atoms with Gasteiger partial charge in [0.2, 0.25) is 5.91 Å². The van der Waals surface area contributed by atoms with E-state index in [0.29, 0.717) is 23.6 Å². The molecular weight excluding hydrogens is 252 g/mol. The van der Waals surface area contributed by atoms with Gasteiger partial charge in [-0.3, -0.25) is 4.79 Å². The maximum Gasteiger partial charge on any atom is 0.226 e. The first-order valence-corrected chi connectivity index (χ1v) is 5.76. The number of carbonyl (C=O) groups excluding carboxylic acids is 1. The molecule has 0 bridgehead atoms. The summed E-state index contributed by atoms with van der Waals surface area (Å²) in [6, 6.07) is 5.13. The lowest BCUT2D eigenvalue weighted by Gasteiger charge is -2.11. The van der Waals surface area contributed by atoms with Gasteiger partial charge in [0.15, 0.2) is 0 Å². The number of rotatable bonds is 6. The van der Waals surface area contributed by atoms with Crippen LogP contribution >= 0.6 is 12.2 Å². The summed E-state index contributed by atoms with van der Waals surface area (Å²) in [7, 11) is 3.06. The van der Waals surface area contributed by atoms with Crippen LogP contribution in [0.1, 0.15) is 12.0 Å². The number of hydrogen-bond donors (Lipinski definition) is 2. The molecule has 5 nitrogen and oxygen atoms in total. The molecule has 3 N–H and O–H groups in total. The summed E-state index contributed by atoms with van der Waals surface area (Å²) in [5.74, 6) is 0.379. The standard InChI is InChI=1S/C12H16N2O3S/c1-16-6-5-11(15)14-9-4-3-8(12(13)18)7-10(9)17-2/h3-4,7H,5-6H2,1-2H3,(H2,13,18)(H,14,15). The first-order chi connectivity index (χ1) is 8.58. The number of anilines is 1. The van der Waals surface area contributed by atoms with Gasteiger partial charge in [0.05, 0.1) is 25.8 Å². The van der Waals surface area contributed by atoms with Gasteiger partial charge in [-0.15, -0.1) is 0 Å². The number of hydrogen-bond acceptors (Lipinski definition) is 4. The minimum atomic E-state index is -0.141. The lowest BCUT2D eigenvalue weighted by molar-refractivity contribution is -0.117. The number of amides is 1. The Bertz CT molecular complexity index is 449. The normalized spacial score (nSPS) is 9.89. The van der Waals surface area contributed by atoms with Crippen molar-refractivity contribution in [1.82, 2.24) is 0 Å². The van der Waals surface area contributed by atoms with E-state index >= 15 is 0 Å². The molecule has 98 valence electrons. The van der Waals surface area contributed by atoms with E-state index in [1.54, 1.807) is 25.3 Å². The van der Waals surface area contributed by atoms with Crippen LogP contribution in [0.25, 0.3) is 0 Å². The molecule has 0 saturated carbocycles. The molecule has 0 atom stereocenters. The molecule has 1 aromatic carbocycles. The Hall–Kier alpha value is -1.66. The van der Waals surface area contributed by atoms with Gasteiger partial charge in [-0.1, -0.05) is 12.2 Å². The van der Waals surface area contributed by atoms with Gasteiger partial charge in [0.1, 0.15) is 10.7 Å². The largest absolute Gasteiger partial charge is 0.495 e. The Balaban J connectivity index is 2.82. The fourth-order valence-electron chi connectivity index (χ4n) is 1.36. The zero-order valence-corrected chi connectivity index (χ0v) is 11.2. The lowest BCUT2D eigenvalue weighted by atomic mass is 10.2. The Kier molecular flexibility index (Phi) is 5.54. The summed E-state index contributed by atoms with van der Waals surface area (Å²) in [6.45, 7) is 0.374. The highest BCUT2D eigenvalue weighted by Gasteiger charge is 2.09. The van der Waals surface area contributed by atoms with E-state index in [2.05, 4.69) is 5.32 Å². The van der Waals surface area contributed by atoms with E-state index in [1.807, 2.05) is 0 Å². The quantitative estimate of drug-likeness (QED) is 0.761. The summed E-state index contributed by atoms with van der Waals surface area (Å²) < 4.78 is 10.0. The van der Waals surface area contributed by atoms with Crippen molar-refractivity contribution in [2.75, 3.05) is 26.1 Å². The van der Waals surface area contributed by atoms with Crippen LogP contribution in [-0.2, 0) is 9.53 Å². The number of thiocarbonyl (C=S) groups is 1. The summed E-state index contributed by atoms with van der Waals surface area (Å²) >= 11 is 4.88. The first kappa shape index (κ1) is 14.4. The number of carbonyl (C=O) groups is 1. The van der Waals surface area contributed by atoms with Gasteiger partial charge in [0.25, 0.3) is 0 Å². The van der Waals surface area contributed by atoms with Crippen molar-refractivity contribution < 1.29 is 14.3 Å². The number of benzene rings is 1. The van der Waals surface area contributed by atoms with E-state index in [-0.39, 0.29) is 17.3 Å². The Morgan fingerprint density at radius 3 is 2.72 bits per heavy atom. The van der Waals surface area contributed by atoms with Crippen LogP contribution in [0.2, 0.25) is 0 Å². The maximum atomic E-state index is 11.6. The molecule has 0 aliphatic heterocycles. The van der Waals surface area contributed by atoms with Gasteiger partial charge in [0, 0.05) is 12.7 Å². The third-order valence-corrected chi connectivity index (χ3v) is 2.53. The minimum absolute atomic E-state index is 0.141. The minimum Gasteiger partial charge on any atom is -0.495 e. The molecule has 18 heavy (non-hydrogen) atoms. The number of nitrogens with one attached hydrogen (secondary N) is 1. The fraction of sp³-hybridized carbons (Fsp3) is 0.333. The van der Waals surface area contributed by atoms with Crippen LogP contribution in [0.3, 0.4) is 0 Å². The number of nitrogens with two attached hydrogens (primary N) is 1. The summed E-state index contributed by atoms with van der Waals surface area (Å²) in [5.41, 5.74) is 6.80. The molecule has 1 amide bonds. The van der Waals surface area contributed by atoms with Crippen LogP contribution < -0.4 is 15.8 Å². The Morgan fingerprint density at radius 1 is 1.44 bits per heavy atom. The zero-order valence-electron chi connectivity index (χ0n) is 10.4. The van der Waals surface area contributed by atoms with Crippen LogP contribution in [-0.4, -0.2) is 31.7 Å². The van der Waals surface area contributed by atoms with Crippen molar-refractivity contribution in [3.8, 4) is 5.75 Å². The van der Waals surface area contributed by atoms with E-state index in [0.717, 1.165) is 0 Å². The monoisotopic (exact) mass is 268 g/mol. The average Bonchev–Trinajstić information content (AvgIpc) is 2.36. The summed E-state index contributed by atoms with van der Waals surface area (Å²) in [4.78, 5) is 11.8. The SMILES string of the molecule is COCCC(=O)Nc1ccc(C(N)=S)cc1OC. The van der Waals surface area contributed by atoms with Gasteiger partial charge < -0.3 is 20.5 Å². The van der Waals surface area contributed by atoms with Crippen molar-refractivity contribution in [3.63, 3.8) is 0 Å². The molecule has 0 aliphatic carbocycles. The van der Waals surface area contributed by atoms with Gasteiger partial charge in [-0.25, -0.2) is 0 Å². The van der Waals surface area contributed by atoms with Crippen LogP contribution in [0, 0.1) is 0 Å². The second kappa shape index (κ2) is 6.93. The molecule has 0 spiro atoms. The Labute approximate surface area is 111 Å². The molecular formula is C12H16N2O3S. The predicted molar refractivity (Wildman–Crippen MR) is 74.0 cm³/mol. The molecule has 1 aromatic rings. The zero-order chi connectivity index (χ0) is 13.5. The van der Waals surface area contributed by atoms with E-state index in [9.17, 15) is 4.79 Å². The van der Waals surface area contributed by atoms with Gasteiger partial charge in [-0.05, 0) is 18.2 Å². The highest BCUT2D eigenvalue weighted by atomic mass is 32.1. The molecule has 1 rings (SSSR count).